The standard InChI is InChI=1S/C17H14Cl2N4O2/c1-23-16(24)12-5-3-2-4-11(12)15(22-23)9-20-17(25)21-10-6-7-13(18)14(19)8-10/h2-8H,9H2,1H3,(H2,20,21,25). The lowest BCUT2D eigenvalue weighted by Gasteiger charge is -2.10. The molecule has 0 spiro atoms. The smallest absolute Gasteiger partial charge is 0.319 e. The summed E-state index contributed by atoms with van der Waals surface area (Å²) in [6.07, 6.45) is 0. The zero-order chi connectivity index (χ0) is 18.0. The zero-order valence-electron chi connectivity index (χ0n) is 13.2. The molecule has 2 aromatic carbocycles. The number of nitrogens with one attached hydrogen (secondary N) is 2. The van der Waals surface area contributed by atoms with Crippen molar-refractivity contribution in [3.05, 3.63) is 68.6 Å². The zero-order valence-corrected chi connectivity index (χ0v) is 14.7. The lowest BCUT2D eigenvalue weighted by atomic mass is 10.1. The highest BCUT2D eigenvalue weighted by atomic mass is 35.5. The number of fused-ring (bicyclic) bond motifs is 1. The van der Waals surface area contributed by atoms with Crippen molar-refractivity contribution in [3.63, 3.8) is 0 Å². The Morgan fingerprint density at radius 1 is 1.12 bits per heavy atom. The van der Waals surface area contributed by atoms with Gasteiger partial charge in [0.05, 0.1) is 27.7 Å². The number of amides is 2. The number of hydrogen-bond acceptors (Lipinski definition) is 3. The van der Waals surface area contributed by atoms with Gasteiger partial charge in [0, 0.05) is 18.1 Å². The molecule has 6 nitrogen and oxygen atoms in total. The molecule has 0 fully saturated rings. The number of aryl methyl sites for hydroxylation is 1. The molecule has 3 rings (SSSR count). The summed E-state index contributed by atoms with van der Waals surface area (Å²) in [6.45, 7) is 0.168. The minimum Gasteiger partial charge on any atom is -0.332 e. The molecule has 3 aromatic rings. The number of aromatic nitrogens is 2. The van der Waals surface area contributed by atoms with Crippen LogP contribution in [0.15, 0.2) is 47.3 Å². The molecule has 0 aliphatic rings. The summed E-state index contributed by atoms with van der Waals surface area (Å²) in [5.41, 5.74) is 0.937. The van der Waals surface area contributed by atoms with Crippen LogP contribution in [-0.4, -0.2) is 15.8 Å². The van der Waals surface area contributed by atoms with Gasteiger partial charge in [-0.25, -0.2) is 9.48 Å². The summed E-state index contributed by atoms with van der Waals surface area (Å²) in [5.74, 6) is 0. The third-order valence-electron chi connectivity index (χ3n) is 3.63. The second-order valence-corrected chi connectivity index (χ2v) is 6.17. The van der Waals surface area contributed by atoms with Crippen molar-refractivity contribution in [2.24, 2.45) is 7.05 Å². The molecular formula is C17H14Cl2N4O2. The van der Waals surface area contributed by atoms with Crippen LogP contribution < -0.4 is 16.2 Å². The fraction of sp³-hybridized carbons (Fsp3) is 0.118. The van der Waals surface area contributed by atoms with Crippen molar-refractivity contribution in [3.8, 4) is 0 Å². The van der Waals surface area contributed by atoms with Crippen LogP contribution in [0.25, 0.3) is 10.8 Å². The molecule has 0 atom stereocenters. The first-order valence-electron chi connectivity index (χ1n) is 7.40. The maximum absolute atomic E-state index is 12.1. The normalized spacial score (nSPS) is 10.7. The SMILES string of the molecule is Cn1nc(CNC(=O)Nc2ccc(Cl)c(Cl)c2)c2ccccc2c1=O. The quantitative estimate of drug-likeness (QED) is 0.733. The number of nitrogens with zero attached hydrogens (tertiary/aromatic N) is 2. The number of carbonyl (C=O) groups excluding carboxylic acids is 1. The minimum atomic E-state index is -0.418. The van der Waals surface area contributed by atoms with Gasteiger partial charge >= 0.3 is 6.03 Å². The number of halogens is 2. The molecule has 0 aliphatic carbocycles. The van der Waals surface area contributed by atoms with Gasteiger partial charge in [0.2, 0.25) is 0 Å². The Bertz CT molecular complexity index is 1020. The van der Waals surface area contributed by atoms with Gasteiger partial charge in [-0.2, -0.15) is 5.10 Å². The molecule has 2 N–H and O–H groups in total. The Kier molecular flexibility index (Phi) is 4.92. The Morgan fingerprint density at radius 3 is 2.56 bits per heavy atom. The minimum absolute atomic E-state index is 0.168. The molecular weight excluding hydrogens is 363 g/mol. The summed E-state index contributed by atoms with van der Waals surface area (Å²) in [7, 11) is 1.58. The lowest BCUT2D eigenvalue weighted by molar-refractivity contribution is 0.251. The van der Waals surface area contributed by atoms with E-state index in [2.05, 4.69) is 15.7 Å². The summed E-state index contributed by atoms with van der Waals surface area (Å²) < 4.78 is 1.26. The lowest BCUT2D eigenvalue weighted by Crippen LogP contribution is -2.30. The van der Waals surface area contributed by atoms with E-state index < -0.39 is 6.03 Å². The Balaban J connectivity index is 1.76. The fourth-order valence-corrected chi connectivity index (χ4v) is 2.72. The second kappa shape index (κ2) is 7.13. The number of anilines is 1. The van der Waals surface area contributed by atoms with Crippen molar-refractivity contribution in [1.82, 2.24) is 15.1 Å². The van der Waals surface area contributed by atoms with Crippen LogP contribution in [0, 0.1) is 0 Å². The van der Waals surface area contributed by atoms with Gasteiger partial charge < -0.3 is 10.6 Å². The molecule has 2 amide bonds. The maximum atomic E-state index is 12.1. The predicted molar refractivity (Wildman–Crippen MR) is 99.3 cm³/mol. The highest BCUT2D eigenvalue weighted by Crippen LogP contribution is 2.24. The van der Waals surface area contributed by atoms with Gasteiger partial charge in [0.15, 0.2) is 0 Å². The number of carbonyl (C=O) groups is 1. The van der Waals surface area contributed by atoms with Crippen LogP contribution >= 0.6 is 23.2 Å². The first-order valence-corrected chi connectivity index (χ1v) is 8.16. The molecule has 1 heterocycles. The molecule has 25 heavy (non-hydrogen) atoms. The van der Waals surface area contributed by atoms with E-state index in [-0.39, 0.29) is 12.1 Å². The maximum Gasteiger partial charge on any atom is 0.319 e. The van der Waals surface area contributed by atoms with E-state index in [0.717, 1.165) is 0 Å². The average molecular weight is 377 g/mol. The average Bonchev–Trinajstić information content (AvgIpc) is 2.60. The van der Waals surface area contributed by atoms with Crippen LogP contribution in [0.1, 0.15) is 5.69 Å². The summed E-state index contributed by atoms with van der Waals surface area (Å²) in [6, 6.07) is 11.5. The number of rotatable bonds is 3. The van der Waals surface area contributed by atoms with Gasteiger partial charge in [0.1, 0.15) is 0 Å². The van der Waals surface area contributed by atoms with E-state index in [0.29, 0.717) is 32.2 Å². The summed E-state index contributed by atoms with van der Waals surface area (Å²) >= 11 is 11.8. The van der Waals surface area contributed by atoms with Crippen molar-refractivity contribution in [1.29, 1.82) is 0 Å². The highest BCUT2D eigenvalue weighted by Gasteiger charge is 2.10. The van der Waals surface area contributed by atoms with E-state index in [1.807, 2.05) is 6.07 Å². The molecule has 0 saturated heterocycles. The Morgan fingerprint density at radius 2 is 1.84 bits per heavy atom. The van der Waals surface area contributed by atoms with Crippen molar-refractivity contribution in [2.75, 3.05) is 5.32 Å². The van der Waals surface area contributed by atoms with Crippen LogP contribution in [-0.2, 0) is 13.6 Å². The Hall–Kier alpha value is -2.57. The second-order valence-electron chi connectivity index (χ2n) is 5.36. The summed E-state index contributed by atoms with van der Waals surface area (Å²) in [5, 5.41) is 11.6. The molecule has 8 heteroatoms. The van der Waals surface area contributed by atoms with Crippen molar-refractivity contribution >= 4 is 45.7 Å². The number of urea groups is 1. The van der Waals surface area contributed by atoms with E-state index in [1.165, 1.54) is 4.68 Å². The van der Waals surface area contributed by atoms with Gasteiger partial charge in [0.25, 0.3) is 5.56 Å². The monoisotopic (exact) mass is 376 g/mol. The highest BCUT2D eigenvalue weighted by molar-refractivity contribution is 6.42. The molecule has 0 bridgehead atoms. The Labute approximate surface area is 153 Å². The summed E-state index contributed by atoms with van der Waals surface area (Å²) in [4.78, 5) is 24.2. The van der Waals surface area contributed by atoms with Crippen molar-refractivity contribution in [2.45, 2.75) is 6.54 Å². The molecule has 0 radical (unpaired) electrons. The van der Waals surface area contributed by atoms with Gasteiger partial charge in [-0.05, 0) is 24.3 Å². The largest absolute Gasteiger partial charge is 0.332 e. The van der Waals surface area contributed by atoms with Gasteiger partial charge in [-0.3, -0.25) is 4.79 Å². The van der Waals surface area contributed by atoms with E-state index >= 15 is 0 Å². The third-order valence-corrected chi connectivity index (χ3v) is 4.37. The first kappa shape index (κ1) is 17.3. The molecule has 0 aliphatic heterocycles. The van der Waals surface area contributed by atoms with Crippen LogP contribution in [0.3, 0.4) is 0 Å². The molecule has 0 saturated carbocycles. The molecule has 128 valence electrons. The van der Waals surface area contributed by atoms with E-state index in [1.54, 1.807) is 43.4 Å². The van der Waals surface area contributed by atoms with Crippen molar-refractivity contribution < 1.29 is 4.79 Å². The van der Waals surface area contributed by atoms with E-state index in [4.69, 9.17) is 23.2 Å². The number of benzene rings is 2. The third kappa shape index (κ3) is 3.75. The van der Waals surface area contributed by atoms with Gasteiger partial charge in [-0.15, -0.1) is 0 Å². The fourth-order valence-electron chi connectivity index (χ4n) is 2.42. The topological polar surface area (TPSA) is 76.0 Å². The van der Waals surface area contributed by atoms with Crippen LogP contribution in [0.4, 0.5) is 10.5 Å². The van der Waals surface area contributed by atoms with Gasteiger partial charge in [-0.1, -0.05) is 41.4 Å². The van der Waals surface area contributed by atoms with E-state index in [9.17, 15) is 9.59 Å². The predicted octanol–water partition coefficient (Wildman–Crippen LogP) is 3.56. The number of hydrogen-bond donors (Lipinski definition) is 2. The molecule has 0 unspecified atom stereocenters. The molecule has 1 aromatic heterocycles. The van der Waals surface area contributed by atoms with Crippen LogP contribution in [0.5, 0.6) is 0 Å². The van der Waals surface area contributed by atoms with Crippen LogP contribution in [0.2, 0.25) is 10.0 Å². The first-order chi connectivity index (χ1) is 12.0.